The van der Waals surface area contributed by atoms with Gasteiger partial charge in [-0.05, 0) is 31.5 Å². The second kappa shape index (κ2) is 7.02. The highest BCUT2D eigenvalue weighted by molar-refractivity contribution is 5.80. The lowest BCUT2D eigenvalue weighted by Crippen LogP contribution is -2.35. The molecule has 0 aliphatic rings. The van der Waals surface area contributed by atoms with Crippen LogP contribution in [0.2, 0.25) is 0 Å². The molecular weight excluding hydrogens is 288 g/mol. The molecule has 1 N–H and O–H groups in total. The average molecular weight is 305 g/mol. The largest absolute Gasteiger partial charge is 0.481 e. The summed E-state index contributed by atoms with van der Waals surface area (Å²) in [4.78, 5) is 11.9. The zero-order chi connectivity index (χ0) is 16.1. The fourth-order valence-corrected chi connectivity index (χ4v) is 1.85. The number of halogens is 2. The molecule has 116 valence electrons. The number of carbonyl (C=O) groups excluding carboxylic acids is 1. The molecule has 1 unspecified atom stereocenters. The number of rotatable bonds is 5. The van der Waals surface area contributed by atoms with Gasteiger partial charge in [0.2, 0.25) is 0 Å². The van der Waals surface area contributed by atoms with Crippen molar-refractivity contribution in [2.24, 2.45) is 0 Å². The first-order chi connectivity index (χ1) is 10.5. The molecule has 1 atom stereocenters. The van der Waals surface area contributed by atoms with Crippen LogP contribution in [-0.2, 0) is 11.3 Å². The van der Waals surface area contributed by atoms with Crippen molar-refractivity contribution in [3.63, 3.8) is 0 Å². The minimum absolute atomic E-state index is 0.108. The maximum Gasteiger partial charge on any atom is 0.261 e. The van der Waals surface area contributed by atoms with E-state index in [4.69, 9.17) is 4.74 Å². The molecule has 2 rings (SSSR count). The van der Waals surface area contributed by atoms with Crippen molar-refractivity contribution in [2.75, 3.05) is 0 Å². The van der Waals surface area contributed by atoms with Gasteiger partial charge >= 0.3 is 0 Å². The molecule has 2 aromatic carbocycles. The van der Waals surface area contributed by atoms with Gasteiger partial charge in [-0.2, -0.15) is 0 Å². The number of nitrogens with one attached hydrogen (secondary N) is 1. The fourth-order valence-electron chi connectivity index (χ4n) is 1.85. The average Bonchev–Trinajstić information content (AvgIpc) is 2.50. The number of hydrogen-bond acceptors (Lipinski definition) is 2. The van der Waals surface area contributed by atoms with Crippen LogP contribution in [-0.4, -0.2) is 12.0 Å². The van der Waals surface area contributed by atoms with Gasteiger partial charge in [-0.15, -0.1) is 0 Å². The van der Waals surface area contributed by atoms with E-state index in [9.17, 15) is 13.6 Å². The molecule has 2 aromatic rings. The Bertz CT molecular complexity index is 656. The summed E-state index contributed by atoms with van der Waals surface area (Å²) in [6.07, 6.45) is -0.810. The third-order valence-corrected chi connectivity index (χ3v) is 3.16. The molecule has 3 nitrogen and oxygen atoms in total. The molecule has 0 radical (unpaired) electrons. The SMILES string of the molecule is Cc1ccc(CNC(=O)C(C)Oc2ccc(F)c(F)c2)cc1. The first kappa shape index (κ1) is 15.9. The zero-order valence-electron chi connectivity index (χ0n) is 12.4. The van der Waals surface area contributed by atoms with Gasteiger partial charge in [-0.1, -0.05) is 29.8 Å². The van der Waals surface area contributed by atoms with E-state index in [1.807, 2.05) is 31.2 Å². The smallest absolute Gasteiger partial charge is 0.261 e. The summed E-state index contributed by atoms with van der Waals surface area (Å²) in [6.45, 7) is 3.91. The first-order valence-electron chi connectivity index (χ1n) is 6.90. The molecular formula is C17H17F2NO2. The highest BCUT2D eigenvalue weighted by Crippen LogP contribution is 2.16. The molecule has 22 heavy (non-hydrogen) atoms. The monoisotopic (exact) mass is 305 g/mol. The van der Waals surface area contributed by atoms with Crippen molar-refractivity contribution in [3.8, 4) is 5.75 Å². The van der Waals surface area contributed by atoms with Crippen LogP contribution >= 0.6 is 0 Å². The molecule has 0 aliphatic heterocycles. The van der Waals surface area contributed by atoms with Crippen molar-refractivity contribution in [1.82, 2.24) is 5.32 Å². The zero-order valence-corrected chi connectivity index (χ0v) is 12.4. The topological polar surface area (TPSA) is 38.3 Å². The van der Waals surface area contributed by atoms with Gasteiger partial charge in [0.1, 0.15) is 5.75 Å². The number of ether oxygens (including phenoxy) is 1. The lowest BCUT2D eigenvalue weighted by molar-refractivity contribution is -0.127. The van der Waals surface area contributed by atoms with Gasteiger partial charge in [-0.3, -0.25) is 4.79 Å². The molecule has 5 heteroatoms. The third kappa shape index (κ3) is 4.28. The van der Waals surface area contributed by atoms with E-state index < -0.39 is 17.7 Å². The lowest BCUT2D eigenvalue weighted by Gasteiger charge is -2.15. The molecule has 0 saturated heterocycles. The number of amides is 1. The summed E-state index contributed by atoms with van der Waals surface area (Å²) < 4.78 is 31.2. The van der Waals surface area contributed by atoms with Crippen LogP contribution in [0.25, 0.3) is 0 Å². The lowest BCUT2D eigenvalue weighted by atomic mass is 10.1. The highest BCUT2D eigenvalue weighted by atomic mass is 19.2. The maximum absolute atomic E-state index is 13.1. The van der Waals surface area contributed by atoms with Crippen molar-refractivity contribution in [3.05, 3.63) is 65.2 Å². The summed E-state index contributed by atoms with van der Waals surface area (Å²) >= 11 is 0. The summed E-state index contributed by atoms with van der Waals surface area (Å²) in [6, 6.07) is 10.9. The molecule has 0 spiro atoms. The second-order valence-electron chi connectivity index (χ2n) is 5.04. The molecule has 0 bridgehead atoms. The summed E-state index contributed by atoms with van der Waals surface area (Å²) in [5.74, 6) is -2.18. The van der Waals surface area contributed by atoms with E-state index in [1.165, 1.54) is 6.07 Å². The van der Waals surface area contributed by atoms with Gasteiger partial charge in [0.05, 0.1) is 0 Å². The van der Waals surface area contributed by atoms with E-state index in [0.717, 1.165) is 23.3 Å². The minimum atomic E-state index is -1.01. The number of hydrogen-bond donors (Lipinski definition) is 1. The number of carbonyl (C=O) groups is 1. The number of aryl methyl sites for hydroxylation is 1. The molecule has 0 aliphatic carbocycles. The Morgan fingerprint density at radius 2 is 1.82 bits per heavy atom. The van der Waals surface area contributed by atoms with Gasteiger partial charge in [0.15, 0.2) is 17.7 Å². The van der Waals surface area contributed by atoms with Crippen LogP contribution in [0.3, 0.4) is 0 Å². The molecule has 0 fully saturated rings. The quantitative estimate of drug-likeness (QED) is 0.920. The summed E-state index contributed by atoms with van der Waals surface area (Å²) in [5, 5.41) is 2.73. The molecule has 0 aromatic heterocycles. The van der Waals surface area contributed by atoms with Crippen molar-refractivity contribution in [1.29, 1.82) is 0 Å². The Morgan fingerprint density at radius 3 is 2.45 bits per heavy atom. The van der Waals surface area contributed by atoms with Gasteiger partial charge < -0.3 is 10.1 Å². The predicted octanol–water partition coefficient (Wildman–Crippen LogP) is 3.36. The van der Waals surface area contributed by atoms with Crippen LogP contribution in [0.4, 0.5) is 8.78 Å². The third-order valence-electron chi connectivity index (χ3n) is 3.16. The highest BCUT2D eigenvalue weighted by Gasteiger charge is 2.15. The van der Waals surface area contributed by atoms with Gasteiger partial charge in [0.25, 0.3) is 5.91 Å². The van der Waals surface area contributed by atoms with Gasteiger partial charge in [0, 0.05) is 12.6 Å². The van der Waals surface area contributed by atoms with Crippen molar-refractivity contribution >= 4 is 5.91 Å². The van der Waals surface area contributed by atoms with Crippen LogP contribution < -0.4 is 10.1 Å². The van der Waals surface area contributed by atoms with Crippen LogP contribution in [0.1, 0.15) is 18.1 Å². The van der Waals surface area contributed by atoms with Crippen LogP contribution in [0.5, 0.6) is 5.75 Å². The fraction of sp³-hybridized carbons (Fsp3) is 0.235. The molecule has 1 amide bonds. The maximum atomic E-state index is 13.1. The number of benzene rings is 2. The van der Waals surface area contributed by atoms with E-state index in [2.05, 4.69) is 5.32 Å². The Hall–Kier alpha value is -2.43. The Labute approximate surface area is 127 Å². The summed E-state index contributed by atoms with van der Waals surface area (Å²) in [5.41, 5.74) is 2.11. The van der Waals surface area contributed by atoms with E-state index in [0.29, 0.717) is 6.54 Å². The Morgan fingerprint density at radius 1 is 1.14 bits per heavy atom. The van der Waals surface area contributed by atoms with Crippen molar-refractivity contribution in [2.45, 2.75) is 26.5 Å². The van der Waals surface area contributed by atoms with Gasteiger partial charge in [-0.25, -0.2) is 8.78 Å². The summed E-state index contributed by atoms with van der Waals surface area (Å²) in [7, 11) is 0. The van der Waals surface area contributed by atoms with E-state index >= 15 is 0 Å². The standard InChI is InChI=1S/C17H17F2NO2/c1-11-3-5-13(6-4-11)10-20-17(21)12(2)22-14-7-8-15(18)16(19)9-14/h3-9,12H,10H2,1-2H3,(H,20,21). The normalized spacial score (nSPS) is 11.8. The minimum Gasteiger partial charge on any atom is -0.481 e. The molecule has 0 saturated carbocycles. The Kier molecular flexibility index (Phi) is 5.09. The van der Waals surface area contributed by atoms with Crippen molar-refractivity contribution < 1.29 is 18.3 Å². The first-order valence-corrected chi connectivity index (χ1v) is 6.90. The molecule has 0 heterocycles. The Balaban J connectivity index is 1.88. The van der Waals surface area contributed by atoms with E-state index in [1.54, 1.807) is 6.92 Å². The van der Waals surface area contributed by atoms with Crippen LogP contribution in [0.15, 0.2) is 42.5 Å². The van der Waals surface area contributed by atoms with Crippen LogP contribution in [0, 0.1) is 18.6 Å². The predicted molar refractivity (Wildman–Crippen MR) is 79.5 cm³/mol. The second-order valence-corrected chi connectivity index (χ2v) is 5.04. The van der Waals surface area contributed by atoms with E-state index in [-0.39, 0.29) is 11.7 Å².